The number of fused-ring (bicyclic) bond motifs is 1. The number of thiophene rings is 1. The van der Waals surface area contributed by atoms with Crippen LogP contribution in [0.5, 0.6) is 0 Å². The van der Waals surface area contributed by atoms with Gasteiger partial charge in [-0.3, -0.25) is 4.79 Å². The molecule has 1 saturated heterocycles. The first-order valence-electron chi connectivity index (χ1n) is 11.1. The minimum absolute atomic E-state index is 0.0433. The van der Waals surface area contributed by atoms with Gasteiger partial charge in [-0.2, -0.15) is 0 Å². The number of para-hydroxylation sites is 1. The van der Waals surface area contributed by atoms with Crippen LogP contribution >= 0.6 is 11.3 Å². The summed E-state index contributed by atoms with van der Waals surface area (Å²) in [7, 11) is -5.18. The molecular weight excluding hydrogens is 460 g/mol. The average Bonchev–Trinajstić information content (AvgIpc) is 3.35. The van der Waals surface area contributed by atoms with Gasteiger partial charge in [-0.25, -0.2) is 8.42 Å². The average molecular weight is 491 g/mol. The highest BCUT2D eigenvalue weighted by Crippen LogP contribution is 2.51. The molecule has 0 spiro atoms. The molecule has 8 heteroatoms. The van der Waals surface area contributed by atoms with Crippen molar-refractivity contribution in [2.45, 2.75) is 56.1 Å². The van der Waals surface area contributed by atoms with Crippen LogP contribution in [0.25, 0.3) is 21.6 Å². The van der Waals surface area contributed by atoms with Gasteiger partial charge < -0.3 is 9.52 Å². The molecule has 0 saturated carbocycles. The van der Waals surface area contributed by atoms with Gasteiger partial charge in [0.15, 0.2) is 9.84 Å². The summed E-state index contributed by atoms with van der Waals surface area (Å²) in [4.78, 5) is 14.0. The first kappa shape index (κ1) is 23.3. The summed E-state index contributed by atoms with van der Waals surface area (Å²) in [5.74, 6) is -1.23. The lowest BCUT2D eigenvalue weighted by Crippen LogP contribution is -2.49. The van der Waals surface area contributed by atoms with Gasteiger partial charge in [-0.1, -0.05) is 50.3 Å². The highest BCUT2D eigenvalue weighted by Gasteiger charge is 2.56. The van der Waals surface area contributed by atoms with E-state index in [1.165, 1.54) is 11.3 Å². The Kier molecular flexibility index (Phi) is 6.15. The van der Waals surface area contributed by atoms with Crippen LogP contribution in [-0.4, -0.2) is 33.3 Å². The smallest absolute Gasteiger partial charge is 0.308 e. The number of furan rings is 1. The number of rotatable bonds is 7. The highest BCUT2D eigenvalue weighted by molar-refractivity contribution is 7.92. The maximum atomic E-state index is 13.6. The van der Waals surface area contributed by atoms with Crippen LogP contribution in [-0.2, 0) is 19.4 Å². The van der Waals surface area contributed by atoms with E-state index in [-0.39, 0.29) is 5.75 Å². The van der Waals surface area contributed by atoms with Gasteiger partial charge in [0.2, 0.25) is 0 Å². The highest BCUT2D eigenvalue weighted by atomic mass is 32.2. The van der Waals surface area contributed by atoms with E-state index in [4.69, 9.17) is 4.42 Å². The maximum absolute atomic E-state index is 13.6. The molecule has 0 radical (unpaired) electrons. The first-order valence-corrected chi connectivity index (χ1v) is 17.3. The molecule has 1 N–H and O–H groups in total. The number of sulfone groups is 1. The molecule has 1 fully saturated rings. The Morgan fingerprint density at radius 3 is 2.59 bits per heavy atom. The Bertz CT molecular complexity index is 1200. The van der Waals surface area contributed by atoms with E-state index >= 15 is 0 Å². The zero-order valence-electron chi connectivity index (χ0n) is 18.8. The second kappa shape index (κ2) is 8.46. The molecule has 172 valence electrons. The van der Waals surface area contributed by atoms with Gasteiger partial charge in [0, 0.05) is 18.3 Å². The van der Waals surface area contributed by atoms with Gasteiger partial charge in [0.1, 0.15) is 16.1 Å². The van der Waals surface area contributed by atoms with Gasteiger partial charge in [-0.05, 0) is 43.5 Å². The minimum Gasteiger partial charge on any atom is -0.481 e. The molecular formula is C24H30O5S2Si. The van der Waals surface area contributed by atoms with Crippen LogP contribution in [0.3, 0.4) is 0 Å². The van der Waals surface area contributed by atoms with Crippen molar-refractivity contribution in [2.24, 2.45) is 5.92 Å². The topological polar surface area (TPSA) is 84.6 Å². The van der Waals surface area contributed by atoms with E-state index in [1.54, 1.807) is 0 Å². The van der Waals surface area contributed by atoms with Crippen molar-refractivity contribution in [3.05, 3.63) is 47.3 Å². The van der Waals surface area contributed by atoms with Crippen LogP contribution in [0.1, 0.15) is 30.6 Å². The molecule has 2 atom stereocenters. The van der Waals surface area contributed by atoms with Gasteiger partial charge in [0.25, 0.3) is 0 Å². The molecule has 5 nitrogen and oxygen atoms in total. The number of carboxylic acid groups (broad SMARTS) is 1. The Morgan fingerprint density at radius 2 is 1.94 bits per heavy atom. The van der Waals surface area contributed by atoms with Crippen molar-refractivity contribution in [2.75, 3.05) is 5.75 Å². The summed E-state index contributed by atoms with van der Waals surface area (Å²) in [6.45, 7) is 6.58. The molecule has 4 rings (SSSR count). The standard InChI is InChI=1S/C24H30O5S2Si/c1-32(2,3)15-12-18(23(25)26)24(13-6-7-14-31(24,27)28)22-11-10-21(30-22)20-16-17-8-4-5-9-19(17)29-20/h4-5,8-11,16,18H,6-7,12-15H2,1-3H3,(H,25,26)/t18?,24-/m0/s1. The van der Waals surface area contributed by atoms with Crippen molar-refractivity contribution in [3.63, 3.8) is 0 Å². The van der Waals surface area contributed by atoms with Gasteiger partial charge in [-0.15, -0.1) is 11.3 Å². The van der Waals surface area contributed by atoms with E-state index in [9.17, 15) is 18.3 Å². The van der Waals surface area contributed by atoms with Crippen molar-refractivity contribution in [1.29, 1.82) is 0 Å². The van der Waals surface area contributed by atoms with Crippen molar-refractivity contribution >= 4 is 46.2 Å². The molecule has 3 heterocycles. The number of hydrogen-bond acceptors (Lipinski definition) is 5. The van der Waals surface area contributed by atoms with E-state index in [2.05, 4.69) is 19.6 Å². The molecule has 1 unspecified atom stereocenters. The molecule has 0 aliphatic carbocycles. The van der Waals surface area contributed by atoms with Crippen LogP contribution in [0.2, 0.25) is 25.7 Å². The molecule has 1 aromatic carbocycles. The fourth-order valence-corrected chi connectivity index (χ4v) is 10.0. The zero-order chi connectivity index (χ0) is 23.1. The predicted octanol–water partition coefficient (Wildman–Crippen LogP) is 6.38. The third kappa shape index (κ3) is 4.20. The quantitative estimate of drug-likeness (QED) is 0.388. The molecule has 0 bridgehead atoms. The van der Waals surface area contributed by atoms with E-state index in [0.717, 1.165) is 21.9 Å². The van der Waals surface area contributed by atoms with Gasteiger partial charge in [0.05, 0.1) is 16.5 Å². The van der Waals surface area contributed by atoms with E-state index in [1.807, 2.05) is 42.5 Å². The third-order valence-electron chi connectivity index (χ3n) is 6.50. The third-order valence-corrected chi connectivity index (χ3v) is 12.3. The number of aliphatic carboxylic acids is 1. The van der Waals surface area contributed by atoms with Crippen LogP contribution < -0.4 is 0 Å². The predicted molar refractivity (Wildman–Crippen MR) is 133 cm³/mol. The molecule has 1 aliphatic heterocycles. The van der Waals surface area contributed by atoms with E-state index in [0.29, 0.717) is 36.3 Å². The molecule has 2 aromatic heterocycles. The summed E-state index contributed by atoms with van der Waals surface area (Å²) in [6.07, 6.45) is 2.06. The summed E-state index contributed by atoms with van der Waals surface area (Å²) in [6, 6.07) is 14.2. The van der Waals surface area contributed by atoms with Crippen molar-refractivity contribution in [3.8, 4) is 10.6 Å². The Hall–Kier alpha value is -1.90. The number of hydrogen-bond donors (Lipinski definition) is 1. The summed E-state index contributed by atoms with van der Waals surface area (Å²) in [5, 5.41) is 11.2. The number of benzene rings is 1. The lowest BCUT2D eigenvalue weighted by Gasteiger charge is -2.41. The zero-order valence-corrected chi connectivity index (χ0v) is 21.4. The molecule has 1 aliphatic rings. The van der Waals surface area contributed by atoms with Crippen molar-refractivity contribution < 1.29 is 22.7 Å². The van der Waals surface area contributed by atoms with Crippen molar-refractivity contribution in [1.82, 2.24) is 0 Å². The molecule has 3 aromatic rings. The first-order chi connectivity index (χ1) is 15.0. The normalized spacial score (nSPS) is 22.1. The van der Waals surface area contributed by atoms with Gasteiger partial charge >= 0.3 is 5.97 Å². The number of carboxylic acids is 1. The molecule has 0 amide bonds. The lowest BCUT2D eigenvalue weighted by atomic mass is 9.83. The Labute approximate surface area is 194 Å². The molecule has 32 heavy (non-hydrogen) atoms. The summed E-state index contributed by atoms with van der Waals surface area (Å²) in [5.41, 5.74) is 0.774. The minimum atomic E-state index is -3.63. The van der Waals surface area contributed by atoms with Crippen LogP contribution in [0.4, 0.5) is 0 Å². The van der Waals surface area contributed by atoms with E-state index < -0.39 is 34.5 Å². The summed E-state index contributed by atoms with van der Waals surface area (Å²) >= 11 is 1.36. The Balaban J connectivity index is 1.81. The second-order valence-electron chi connectivity index (χ2n) is 9.97. The fraction of sp³-hybridized carbons (Fsp3) is 0.458. The summed E-state index contributed by atoms with van der Waals surface area (Å²) < 4.78 is 31.8. The maximum Gasteiger partial charge on any atom is 0.308 e. The van der Waals surface area contributed by atoms with Crippen LogP contribution in [0, 0.1) is 5.92 Å². The lowest BCUT2D eigenvalue weighted by molar-refractivity contribution is -0.143. The monoisotopic (exact) mass is 490 g/mol. The second-order valence-corrected chi connectivity index (χ2v) is 19.0. The Morgan fingerprint density at radius 1 is 1.19 bits per heavy atom. The fourth-order valence-electron chi connectivity index (χ4n) is 4.79. The number of carbonyl (C=O) groups is 1. The SMILES string of the molecule is C[Si](C)(C)CCC(C(=O)O)[C@]1(c2ccc(-c3cc4ccccc4o3)s2)CCCCS1(=O)=O. The van der Waals surface area contributed by atoms with Crippen LogP contribution in [0.15, 0.2) is 46.9 Å². The largest absolute Gasteiger partial charge is 0.481 e.